The van der Waals surface area contributed by atoms with Crippen LogP contribution in [0.3, 0.4) is 0 Å². The highest BCUT2D eigenvalue weighted by Gasteiger charge is 2.38. The Bertz CT molecular complexity index is 564. The molecule has 0 spiro atoms. The van der Waals surface area contributed by atoms with Gasteiger partial charge < -0.3 is 10.2 Å². The lowest BCUT2D eigenvalue weighted by Crippen LogP contribution is -2.04. The number of carbonyl (C=O) groups is 1. The number of carbonyl (C=O) groups excluding carboxylic acids is 1. The molecule has 1 aromatic carbocycles. The third-order valence-corrected chi connectivity index (χ3v) is 2.72. The number of hydrogen-bond donors (Lipinski definition) is 2. The van der Waals surface area contributed by atoms with E-state index in [1.54, 1.807) is 30.3 Å². The van der Waals surface area contributed by atoms with E-state index in [0.717, 1.165) is 0 Å². The summed E-state index contributed by atoms with van der Waals surface area (Å²) in [6.07, 6.45) is 0.653. The molecule has 0 radical (unpaired) electrons. The van der Waals surface area contributed by atoms with E-state index >= 15 is 0 Å². The summed E-state index contributed by atoms with van der Waals surface area (Å²) < 4.78 is 0. The summed E-state index contributed by atoms with van der Waals surface area (Å²) in [5.74, 6) is -1.96. The first-order chi connectivity index (χ1) is 8.20. The minimum Gasteiger partial charge on any atom is -0.515 e. The van der Waals surface area contributed by atoms with Gasteiger partial charge in [0.05, 0.1) is 29.4 Å². The van der Waals surface area contributed by atoms with Crippen LogP contribution in [0.5, 0.6) is 0 Å². The van der Waals surface area contributed by atoms with Gasteiger partial charge in [-0.1, -0.05) is 30.3 Å². The number of benzene rings is 1. The van der Waals surface area contributed by atoms with E-state index in [0.29, 0.717) is 11.8 Å². The average molecular weight is 227 g/mol. The van der Waals surface area contributed by atoms with Crippen molar-refractivity contribution in [1.82, 2.24) is 0 Å². The van der Waals surface area contributed by atoms with Crippen molar-refractivity contribution in [3.8, 4) is 6.07 Å². The van der Waals surface area contributed by atoms with Crippen LogP contribution in [-0.2, 0) is 4.79 Å². The summed E-state index contributed by atoms with van der Waals surface area (Å²) in [6.45, 7) is 0. The van der Waals surface area contributed by atoms with Crippen LogP contribution in [-0.4, -0.2) is 16.0 Å². The summed E-state index contributed by atoms with van der Waals surface area (Å²) in [7, 11) is 0. The highest BCUT2D eigenvalue weighted by molar-refractivity contribution is 6.12. The number of rotatable bonds is 1. The number of Topliss-reactive ketones (excluding diaryl/α,β-unsaturated/α-hetero) is 1. The normalized spacial score (nSPS) is 21.9. The monoisotopic (exact) mass is 227 g/mol. The summed E-state index contributed by atoms with van der Waals surface area (Å²) in [5.41, 5.74) is 0.675. The van der Waals surface area contributed by atoms with Crippen molar-refractivity contribution in [2.75, 3.05) is 0 Å². The molecule has 2 N–H and O–H groups in total. The van der Waals surface area contributed by atoms with Crippen molar-refractivity contribution >= 4 is 5.78 Å². The van der Waals surface area contributed by atoms with Crippen LogP contribution >= 0.6 is 0 Å². The standard InChI is InChI=1S/C13H9NO3/c14-6-9-11(8-4-2-1-3-5-8)10(7-15)13(17)12(9)16/h1-5,7,11,15-16H/b10-7-/t11-/m1/s1. The molecule has 2 rings (SSSR count). The second kappa shape index (κ2) is 4.14. The van der Waals surface area contributed by atoms with E-state index in [1.165, 1.54) is 0 Å². The summed E-state index contributed by atoms with van der Waals surface area (Å²) in [5, 5.41) is 27.6. The van der Waals surface area contributed by atoms with Gasteiger partial charge in [-0.05, 0) is 5.56 Å². The third-order valence-electron chi connectivity index (χ3n) is 2.72. The Hall–Kier alpha value is -2.54. The van der Waals surface area contributed by atoms with Crippen LogP contribution in [0.15, 0.2) is 53.5 Å². The minimum absolute atomic E-state index is 0.0188. The predicted octanol–water partition coefficient (Wildman–Crippen LogP) is 2.13. The molecule has 1 aliphatic rings. The number of nitrogens with zero attached hydrogens (tertiary/aromatic N) is 1. The first-order valence-corrected chi connectivity index (χ1v) is 4.97. The molecule has 1 aliphatic carbocycles. The topological polar surface area (TPSA) is 81.3 Å². The average Bonchev–Trinajstić information content (AvgIpc) is 2.62. The Morgan fingerprint density at radius 2 is 1.94 bits per heavy atom. The second-order valence-corrected chi connectivity index (χ2v) is 3.63. The fourth-order valence-corrected chi connectivity index (χ4v) is 1.92. The molecule has 0 aliphatic heterocycles. The molecular formula is C13H9NO3. The van der Waals surface area contributed by atoms with Crippen molar-refractivity contribution in [1.29, 1.82) is 5.26 Å². The van der Waals surface area contributed by atoms with Crippen LogP contribution in [0, 0.1) is 11.3 Å². The van der Waals surface area contributed by atoms with Crippen molar-refractivity contribution in [2.45, 2.75) is 5.92 Å². The molecular weight excluding hydrogens is 218 g/mol. The molecule has 17 heavy (non-hydrogen) atoms. The molecule has 4 heteroatoms. The molecule has 1 atom stereocenters. The zero-order chi connectivity index (χ0) is 12.4. The number of ketones is 1. The largest absolute Gasteiger partial charge is 0.515 e. The van der Waals surface area contributed by atoms with Gasteiger partial charge in [-0.3, -0.25) is 4.79 Å². The molecule has 4 nitrogen and oxygen atoms in total. The molecule has 0 amide bonds. The van der Waals surface area contributed by atoms with Gasteiger partial charge in [-0.15, -0.1) is 0 Å². The van der Waals surface area contributed by atoms with Gasteiger partial charge in [0.25, 0.3) is 0 Å². The lowest BCUT2D eigenvalue weighted by Gasteiger charge is -2.10. The minimum atomic E-state index is -0.696. The quantitative estimate of drug-likeness (QED) is 0.568. The van der Waals surface area contributed by atoms with Crippen LogP contribution in [0.4, 0.5) is 0 Å². The van der Waals surface area contributed by atoms with Gasteiger partial charge in [-0.25, -0.2) is 0 Å². The van der Waals surface area contributed by atoms with Crippen molar-refractivity contribution in [2.24, 2.45) is 0 Å². The van der Waals surface area contributed by atoms with Gasteiger partial charge in [0.1, 0.15) is 0 Å². The number of aliphatic hydroxyl groups is 2. The molecule has 0 aromatic heterocycles. The van der Waals surface area contributed by atoms with Crippen molar-refractivity contribution in [3.63, 3.8) is 0 Å². The lowest BCUT2D eigenvalue weighted by atomic mass is 9.90. The molecule has 0 saturated heterocycles. The van der Waals surface area contributed by atoms with Gasteiger partial charge in [-0.2, -0.15) is 5.26 Å². The first kappa shape index (κ1) is 11.0. The fourth-order valence-electron chi connectivity index (χ4n) is 1.92. The van der Waals surface area contributed by atoms with Crippen molar-refractivity contribution in [3.05, 3.63) is 59.1 Å². The maximum atomic E-state index is 11.6. The second-order valence-electron chi connectivity index (χ2n) is 3.63. The maximum Gasteiger partial charge on any atom is 0.228 e. The van der Waals surface area contributed by atoms with E-state index in [-0.39, 0.29) is 11.1 Å². The van der Waals surface area contributed by atoms with Crippen LogP contribution in [0.1, 0.15) is 11.5 Å². The third kappa shape index (κ3) is 1.58. The zero-order valence-electron chi connectivity index (χ0n) is 8.79. The van der Waals surface area contributed by atoms with Gasteiger partial charge in [0.2, 0.25) is 5.78 Å². The van der Waals surface area contributed by atoms with Gasteiger partial charge in [0, 0.05) is 0 Å². The number of aliphatic hydroxyl groups excluding tert-OH is 2. The summed E-state index contributed by atoms with van der Waals surface area (Å²) >= 11 is 0. The molecule has 0 fully saturated rings. The molecule has 1 aromatic rings. The van der Waals surface area contributed by atoms with Crippen molar-refractivity contribution < 1.29 is 15.0 Å². The Balaban J connectivity index is 2.60. The predicted molar refractivity (Wildman–Crippen MR) is 60.2 cm³/mol. The highest BCUT2D eigenvalue weighted by atomic mass is 16.3. The van der Waals surface area contributed by atoms with Crippen LogP contribution in [0.2, 0.25) is 0 Å². The summed E-state index contributed by atoms with van der Waals surface area (Å²) in [4.78, 5) is 11.6. The fraction of sp³-hybridized carbons (Fsp3) is 0.0769. The Morgan fingerprint density at radius 1 is 1.29 bits per heavy atom. The van der Waals surface area contributed by atoms with Gasteiger partial charge >= 0.3 is 0 Å². The zero-order valence-corrected chi connectivity index (χ0v) is 8.79. The highest BCUT2D eigenvalue weighted by Crippen LogP contribution is 2.39. The number of hydrogen-bond acceptors (Lipinski definition) is 4. The van der Waals surface area contributed by atoms with E-state index in [2.05, 4.69) is 0 Å². The summed E-state index contributed by atoms with van der Waals surface area (Å²) in [6, 6.07) is 10.6. The van der Waals surface area contributed by atoms with E-state index in [9.17, 15) is 9.90 Å². The Kier molecular flexibility index (Phi) is 2.67. The van der Waals surface area contributed by atoms with E-state index < -0.39 is 17.5 Å². The van der Waals surface area contributed by atoms with Gasteiger partial charge in [0.15, 0.2) is 5.76 Å². The van der Waals surface area contributed by atoms with E-state index in [1.807, 2.05) is 6.07 Å². The first-order valence-electron chi connectivity index (χ1n) is 4.97. The number of allylic oxidation sites excluding steroid dienone is 2. The molecule has 0 unspecified atom stereocenters. The molecule has 0 bridgehead atoms. The Morgan fingerprint density at radius 3 is 2.47 bits per heavy atom. The molecule has 0 saturated carbocycles. The lowest BCUT2D eigenvalue weighted by molar-refractivity contribution is -0.114. The smallest absolute Gasteiger partial charge is 0.228 e. The number of nitriles is 1. The van der Waals surface area contributed by atoms with Crippen LogP contribution < -0.4 is 0 Å². The van der Waals surface area contributed by atoms with E-state index in [4.69, 9.17) is 10.4 Å². The molecule has 84 valence electrons. The SMILES string of the molecule is N#CC1=C(O)C(=O)/C(=C\O)[C@@H]1c1ccccc1. The molecule has 0 heterocycles. The maximum absolute atomic E-state index is 11.6. The van der Waals surface area contributed by atoms with Crippen LogP contribution in [0.25, 0.3) is 0 Å². The Labute approximate surface area is 97.7 Å².